The van der Waals surface area contributed by atoms with Gasteiger partial charge in [0.15, 0.2) is 0 Å². The molecule has 0 amide bonds. The van der Waals surface area contributed by atoms with Crippen molar-refractivity contribution >= 4 is 0 Å². The highest BCUT2D eigenvalue weighted by Crippen LogP contribution is 2.16. The van der Waals surface area contributed by atoms with Crippen molar-refractivity contribution in [3.63, 3.8) is 0 Å². The quantitative estimate of drug-likeness (QED) is 0.614. The van der Waals surface area contributed by atoms with Crippen LogP contribution in [-0.4, -0.2) is 23.9 Å². The molecule has 0 spiro atoms. The number of aliphatic hydroxyl groups excluding tert-OH is 1. The Hall–Kier alpha value is -0.340. The molecule has 0 radical (unpaired) electrons. The largest absolute Gasteiger partial charge is 0.390 e. The molecule has 0 bridgehead atoms. The van der Waals surface area contributed by atoms with E-state index in [1.165, 1.54) is 0 Å². The topological polar surface area (TPSA) is 29.5 Å². The fourth-order valence-corrected chi connectivity index (χ4v) is 1.32. The van der Waals surface area contributed by atoms with Gasteiger partial charge in [0.2, 0.25) is 0 Å². The number of rotatable bonds is 2. The summed E-state index contributed by atoms with van der Waals surface area (Å²) in [6.07, 6.45) is 6.55. The summed E-state index contributed by atoms with van der Waals surface area (Å²) in [5, 5.41) is 9.44. The van der Waals surface area contributed by atoms with Gasteiger partial charge >= 0.3 is 0 Å². The van der Waals surface area contributed by atoms with Gasteiger partial charge in [0, 0.05) is 6.61 Å². The molecule has 0 aromatic rings. The molecule has 1 N–H and O–H groups in total. The molecule has 64 valence electrons. The maximum atomic E-state index is 9.44. The molecule has 1 aliphatic rings. The smallest absolute Gasteiger partial charge is 0.0868 e. The molecule has 0 aromatic carbocycles. The van der Waals surface area contributed by atoms with E-state index < -0.39 is 0 Å². The van der Waals surface area contributed by atoms with Crippen LogP contribution in [0, 0.1) is 0 Å². The molecule has 0 aliphatic carbocycles. The Balaban J connectivity index is 2.29. The third-order valence-electron chi connectivity index (χ3n) is 2.01. The average Bonchev–Trinajstić information content (AvgIpc) is 2.03. The first kappa shape index (κ1) is 8.75. The molecular weight excluding hydrogens is 140 g/mol. The lowest BCUT2D eigenvalue weighted by Gasteiger charge is -2.26. The van der Waals surface area contributed by atoms with E-state index in [9.17, 15) is 5.11 Å². The second-order valence-electron chi connectivity index (χ2n) is 2.92. The summed E-state index contributed by atoms with van der Waals surface area (Å²) >= 11 is 0. The highest BCUT2D eigenvalue weighted by molar-refractivity contribution is 4.85. The molecular formula is C9H16O2. The lowest BCUT2D eigenvalue weighted by atomic mass is 10.0. The second-order valence-corrected chi connectivity index (χ2v) is 2.92. The van der Waals surface area contributed by atoms with Crippen LogP contribution in [0.3, 0.4) is 0 Å². The van der Waals surface area contributed by atoms with Crippen LogP contribution < -0.4 is 0 Å². The van der Waals surface area contributed by atoms with Crippen LogP contribution in [0.4, 0.5) is 0 Å². The van der Waals surface area contributed by atoms with Gasteiger partial charge in [0.25, 0.3) is 0 Å². The van der Waals surface area contributed by atoms with E-state index >= 15 is 0 Å². The van der Waals surface area contributed by atoms with E-state index in [1.54, 1.807) is 0 Å². The molecule has 2 heteroatoms. The fourth-order valence-electron chi connectivity index (χ4n) is 1.32. The second kappa shape index (κ2) is 4.52. The maximum Gasteiger partial charge on any atom is 0.0868 e. The normalized spacial score (nSPS) is 32.9. The first-order valence-corrected chi connectivity index (χ1v) is 4.25. The molecule has 1 saturated heterocycles. The number of ether oxygens (including phenoxy) is 1. The molecule has 2 atom stereocenters. The van der Waals surface area contributed by atoms with Gasteiger partial charge in [0.05, 0.1) is 12.2 Å². The molecule has 0 aromatic heterocycles. The van der Waals surface area contributed by atoms with Gasteiger partial charge in [-0.1, -0.05) is 12.2 Å². The molecule has 1 fully saturated rings. The van der Waals surface area contributed by atoms with Crippen LogP contribution in [0.2, 0.25) is 0 Å². The Morgan fingerprint density at radius 2 is 2.45 bits per heavy atom. The van der Waals surface area contributed by atoms with Gasteiger partial charge in [-0.25, -0.2) is 0 Å². The number of hydrogen-bond donors (Lipinski definition) is 1. The number of aliphatic hydroxyl groups is 1. The number of allylic oxidation sites excluding steroid dienone is 1. The third kappa shape index (κ3) is 2.64. The standard InChI is InChI=1S/C9H16O2/c1-2-3-6-9-8(10)5-4-7-11-9/h2-3,8-10H,4-7H2,1H3/b3-2+/t8-,9+/m0/s1. The Kier molecular flexibility index (Phi) is 3.60. The summed E-state index contributed by atoms with van der Waals surface area (Å²) in [6, 6.07) is 0. The minimum atomic E-state index is -0.250. The molecule has 1 rings (SSSR count). The highest BCUT2D eigenvalue weighted by atomic mass is 16.5. The van der Waals surface area contributed by atoms with Crippen LogP contribution in [-0.2, 0) is 4.74 Å². The van der Waals surface area contributed by atoms with E-state index in [0.717, 1.165) is 25.9 Å². The first-order chi connectivity index (χ1) is 5.34. The van der Waals surface area contributed by atoms with Crippen LogP contribution in [0.15, 0.2) is 12.2 Å². The summed E-state index contributed by atoms with van der Waals surface area (Å²) in [7, 11) is 0. The summed E-state index contributed by atoms with van der Waals surface area (Å²) in [5.41, 5.74) is 0. The zero-order valence-corrected chi connectivity index (χ0v) is 6.99. The molecule has 0 unspecified atom stereocenters. The van der Waals surface area contributed by atoms with E-state index in [0.29, 0.717) is 0 Å². The van der Waals surface area contributed by atoms with Crippen molar-refractivity contribution in [2.24, 2.45) is 0 Å². The molecule has 0 saturated carbocycles. The predicted octanol–water partition coefficient (Wildman–Crippen LogP) is 1.49. The zero-order valence-electron chi connectivity index (χ0n) is 6.99. The van der Waals surface area contributed by atoms with Crippen LogP contribution in [0.25, 0.3) is 0 Å². The first-order valence-electron chi connectivity index (χ1n) is 4.25. The van der Waals surface area contributed by atoms with Crippen molar-refractivity contribution in [2.45, 2.75) is 38.4 Å². The molecule has 1 aliphatic heterocycles. The van der Waals surface area contributed by atoms with Crippen molar-refractivity contribution in [3.05, 3.63) is 12.2 Å². The predicted molar refractivity (Wildman–Crippen MR) is 44.4 cm³/mol. The van der Waals surface area contributed by atoms with Crippen molar-refractivity contribution in [2.75, 3.05) is 6.61 Å². The Morgan fingerprint density at radius 3 is 3.09 bits per heavy atom. The Bertz CT molecular complexity index is 132. The average molecular weight is 156 g/mol. The van der Waals surface area contributed by atoms with Gasteiger partial charge in [-0.05, 0) is 26.2 Å². The van der Waals surface area contributed by atoms with Crippen molar-refractivity contribution in [1.29, 1.82) is 0 Å². The summed E-state index contributed by atoms with van der Waals surface area (Å²) in [4.78, 5) is 0. The van der Waals surface area contributed by atoms with Crippen LogP contribution >= 0.6 is 0 Å². The summed E-state index contributed by atoms with van der Waals surface area (Å²) < 4.78 is 5.39. The van der Waals surface area contributed by atoms with Gasteiger partial charge in [-0.15, -0.1) is 0 Å². The Labute approximate surface area is 67.9 Å². The van der Waals surface area contributed by atoms with E-state index in [2.05, 4.69) is 0 Å². The van der Waals surface area contributed by atoms with Crippen molar-refractivity contribution < 1.29 is 9.84 Å². The van der Waals surface area contributed by atoms with Gasteiger partial charge in [0.1, 0.15) is 0 Å². The SMILES string of the molecule is C/C=C/C[C@H]1OCCC[C@@H]1O. The molecule has 11 heavy (non-hydrogen) atoms. The lowest BCUT2D eigenvalue weighted by molar-refractivity contribution is -0.0713. The van der Waals surface area contributed by atoms with Crippen LogP contribution in [0.5, 0.6) is 0 Å². The maximum absolute atomic E-state index is 9.44. The third-order valence-corrected chi connectivity index (χ3v) is 2.01. The van der Waals surface area contributed by atoms with E-state index in [-0.39, 0.29) is 12.2 Å². The lowest BCUT2D eigenvalue weighted by Crippen LogP contribution is -2.33. The van der Waals surface area contributed by atoms with Gasteiger partial charge in [-0.2, -0.15) is 0 Å². The minimum Gasteiger partial charge on any atom is -0.390 e. The van der Waals surface area contributed by atoms with Gasteiger partial charge < -0.3 is 9.84 Å². The molecule has 1 heterocycles. The Morgan fingerprint density at radius 1 is 1.64 bits per heavy atom. The summed E-state index contributed by atoms with van der Waals surface area (Å²) in [6.45, 7) is 2.79. The fraction of sp³-hybridized carbons (Fsp3) is 0.778. The summed E-state index contributed by atoms with van der Waals surface area (Å²) in [5.74, 6) is 0. The zero-order chi connectivity index (χ0) is 8.10. The van der Waals surface area contributed by atoms with Crippen LogP contribution in [0.1, 0.15) is 26.2 Å². The highest BCUT2D eigenvalue weighted by Gasteiger charge is 2.21. The minimum absolute atomic E-state index is 0.0416. The monoisotopic (exact) mass is 156 g/mol. The molecule has 2 nitrogen and oxygen atoms in total. The van der Waals surface area contributed by atoms with E-state index in [1.807, 2.05) is 19.1 Å². The number of hydrogen-bond acceptors (Lipinski definition) is 2. The van der Waals surface area contributed by atoms with Gasteiger partial charge in [-0.3, -0.25) is 0 Å². The van der Waals surface area contributed by atoms with Crippen molar-refractivity contribution in [1.82, 2.24) is 0 Å². The van der Waals surface area contributed by atoms with Crippen molar-refractivity contribution in [3.8, 4) is 0 Å². The van der Waals surface area contributed by atoms with E-state index in [4.69, 9.17) is 4.74 Å².